The molecule has 5 heteroatoms. The fourth-order valence-electron chi connectivity index (χ4n) is 1.64. The van der Waals surface area contributed by atoms with Crippen LogP contribution >= 0.6 is 0 Å². The van der Waals surface area contributed by atoms with Gasteiger partial charge in [-0.05, 0) is 44.5 Å². The van der Waals surface area contributed by atoms with Crippen LogP contribution in [-0.4, -0.2) is 31.8 Å². The smallest absolute Gasteiger partial charge is 0.224 e. The zero-order valence-electron chi connectivity index (χ0n) is 12.2. The number of carbonyl (C=O) groups is 1. The number of nitrogens with two attached hydrogens (primary N) is 1. The first-order valence-electron chi connectivity index (χ1n) is 6.96. The van der Waals surface area contributed by atoms with E-state index in [0.717, 1.165) is 5.69 Å². The Hall–Kier alpha value is -1.59. The van der Waals surface area contributed by atoms with Crippen molar-refractivity contribution in [2.24, 2.45) is 0 Å². The van der Waals surface area contributed by atoms with Crippen LogP contribution in [0.2, 0.25) is 0 Å². The highest BCUT2D eigenvalue weighted by atomic mass is 16.5. The van der Waals surface area contributed by atoms with E-state index in [9.17, 15) is 4.79 Å². The molecule has 1 rings (SSSR count). The van der Waals surface area contributed by atoms with Crippen molar-refractivity contribution >= 4 is 17.3 Å². The van der Waals surface area contributed by atoms with Gasteiger partial charge >= 0.3 is 0 Å². The van der Waals surface area contributed by atoms with Crippen LogP contribution in [0.5, 0.6) is 0 Å². The molecule has 0 aliphatic rings. The Balaban J connectivity index is 2.12. The topological polar surface area (TPSA) is 73.6 Å². The van der Waals surface area contributed by atoms with Gasteiger partial charge in [-0.1, -0.05) is 0 Å². The molecule has 1 amide bonds. The quantitative estimate of drug-likeness (QED) is 0.538. The van der Waals surface area contributed by atoms with Gasteiger partial charge in [-0.3, -0.25) is 4.79 Å². The van der Waals surface area contributed by atoms with E-state index in [1.165, 1.54) is 0 Å². The highest BCUT2D eigenvalue weighted by Gasteiger charge is 2.04. The lowest BCUT2D eigenvalue weighted by molar-refractivity contribution is -0.116. The molecule has 0 spiro atoms. The summed E-state index contributed by atoms with van der Waals surface area (Å²) >= 11 is 0. The highest BCUT2D eigenvalue weighted by molar-refractivity contribution is 5.90. The molecule has 1 unspecified atom stereocenters. The van der Waals surface area contributed by atoms with Crippen molar-refractivity contribution in [1.82, 2.24) is 0 Å². The Bertz CT molecular complexity index is 393. The van der Waals surface area contributed by atoms with Gasteiger partial charge in [0.1, 0.15) is 0 Å². The van der Waals surface area contributed by atoms with Crippen LogP contribution in [-0.2, 0) is 14.3 Å². The second-order valence-electron chi connectivity index (χ2n) is 4.61. The predicted octanol–water partition coefficient (Wildman–Crippen LogP) is 2.43. The SMILES string of the molecule is CCOCC(C)OCCCC(=O)Nc1ccc(N)cc1. The monoisotopic (exact) mass is 280 g/mol. The van der Waals surface area contributed by atoms with Crippen molar-refractivity contribution in [3.8, 4) is 0 Å². The molecule has 0 saturated carbocycles. The lowest BCUT2D eigenvalue weighted by Gasteiger charge is -2.12. The molecule has 1 aromatic carbocycles. The molecule has 0 aliphatic heterocycles. The maximum atomic E-state index is 11.7. The fourth-order valence-corrected chi connectivity index (χ4v) is 1.64. The Labute approximate surface area is 120 Å². The summed E-state index contributed by atoms with van der Waals surface area (Å²) in [5, 5.41) is 2.82. The van der Waals surface area contributed by atoms with E-state index < -0.39 is 0 Å². The minimum atomic E-state index is -0.0177. The summed E-state index contributed by atoms with van der Waals surface area (Å²) in [6.07, 6.45) is 1.19. The second kappa shape index (κ2) is 9.34. The van der Waals surface area contributed by atoms with Crippen molar-refractivity contribution in [1.29, 1.82) is 0 Å². The summed E-state index contributed by atoms with van der Waals surface area (Å²) < 4.78 is 10.8. The van der Waals surface area contributed by atoms with E-state index >= 15 is 0 Å². The second-order valence-corrected chi connectivity index (χ2v) is 4.61. The number of ether oxygens (including phenoxy) is 2. The van der Waals surface area contributed by atoms with Crippen LogP contribution in [0.4, 0.5) is 11.4 Å². The third kappa shape index (κ3) is 7.11. The first-order chi connectivity index (χ1) is 9.61. The molecule has 0 bridgehead atoms. The normalized spacial score (nSPS) is 12.1. The fraction of sp³-hybridized carbons (Fsp3) is 0.533. The maximum absolute atomic E-state index is 11.7. The third-order valence-corrected chi connectivity index (χ3v) is 2.70. The number of carbonyl (C=O) groups excluding carboxylic acids is 1. The maximum Gasteiger partial charge on any atom is 0.224 e. The Morgan fingerprint density at radius 1 is 1.35 bits per heavy atom. The first-order valence-corrected chi connectivity index (χ1v) is 6.96. The largest absolute Gasteiger partial charge is 0.399 e. The van der Waals surface area contributed by atoms with E-state index in [1.807, 2.05) is 13.8 Å². The molecule has 0 aliphatic carbocycles. The van der Waals surface area contributed by atoms with Crippen molar-refractivity contribution in [3.63, 3.8) is 0 Å². The summed E-state index contributed by atoms with van der Waals surface area (Å²) in [6, 6.07) is 7.09. The molecule has 0 heterocycles. The van der Waals surface area contributed by atoms with Gasteiger partial charge in [0.25, 0.3) is 0 Å². The molecular weight excluding hydrogens is 256 g/mol. The van der Waals surface area contributed by atoms with E-state index in [2.05, 4.69) is 5.32 Å². The van der Waals surface area contributed by atoms with Crippen LogP contribution in [0.1, 0.15) is 26.7 Å². The van der Waals surface area contributed by atoms with Crippen LogP contribution in [0.15, 0.2) is 24.3 Å². The van der Waals surface area contributed by atoms with Crippen LogP contribution in [0, 0.1) is 0 Å². The minimum absolute atomic E-state index is 0.0177. The molecule has 0 fully saturated rings. The summed E-state index contributed by atoms with van der Waals surface area (Å²) in [5.74, 6) is -0.0177. The summed E-state index contributed by atoms with van der Waals surface area (Å²) in [5.41, 5.74) is 7.02. The molecule has 1 aromatic rings. The van der Waals surface area contributed by atoms with Crippen LogP contribution in [0.3, 0.4) is 0 Å². The molecular formula is C15H24N2O3. The molecule has 112 valence electrons. The molecule has 0 aromatic heterocycles. The number of nitrogens with one attached hydrogen (secondary N) is 1. The third-order valence-electron chi connectivity index (χ3n) is 2.70. The molecule has 0 saturated heterocycles. The van der Waals surface area contributed by atoms with Gasteiger partial charge in [-0.25, -0.2) is 0 Å². The summed E-state index contributed by atoms with van der Waals surface area (Å²) in [6.45, 7) is 5.76. The van der Waals surface area contributed by atoms with Gasteiger partial charge in [0.05, 0.1) is 12.7 Å². The van der Waals surface area contributed by atoms with Crippen molar-refractivity contribution in [2.75, 3.05) is 30.9 Å². The molecule has 20 heavy (non-hydrogen) atoms. The van der Waals surface area contributed by atoms with Gasteiger partial charge in [0.2, 0.25) is 5.91 Å². The van der Waals surface area contributed by atoms with Crippen LogP contribution in [0.25, 0.3) is 0 Å². The van der Waals surface area contributed by atoms with Crippen molar-refractivity contribution < 1.29 is 14.3 Å². The zero-order chi connectivity index (χ0) is 14.8. The number of amides is 1. The van der Waals surface area contributed by atoms with E-state index in [-0.39, 0.29) is 12.0 Å². The number of rotatable bonds is 9. The zero-order valence-corrected chi connectivity index (χ0v) is 12.2. The number of anilines is 2. The average molecular weight is 280 g/mol. The molecule has 0 radical (unpaired) electrons. The highest BCUT2D eigenvalue weighted by Crippen LogP contribution is 2.11. The number of nitrogen functional groups attached to an aromatic ring is 1. The Morgan fingerprint density at radius 2 is 2.05 bits per heavy atom. The van der Waals surface area contributed by atoms with Crippen molar-refractivity contribution in [3.05, 3.63) is 24.3 Å². The average Bonchev–Trinajstić information content (AvgIpc) is 2.44. The van der Waals surface area contributed by atoms with Gasteiger partial charge < -0.3 is 20.5 Å². The summed E-state index contributed by atoms with van der Waals surface area (Å²) in [4.78, 5) is 11.7. The van der Waals surface area contributed by atoms with E-state index in [4.69, 9.17) is 15.2 Å². The molecule has 1 atom stereocenters. The summed E-state index contributed by atoms with van der Waals surface area (Å²) in [7, 11) is 0. The van der Waals surface area contributed by atoms with E-state index in [1.54, 1.807) is 24.3 Å². The molecule has 5 nitrogen and oxygen atoms in total. The number of hydrogen-bond acceptors (Lipinski definition) is 4. The first kappa shape index (κ1) is 16.5. The van der Waals surface area contributed by atoms with Gasteiger partial charge in [-0.15, -0.1) is 0 Å². The Morgan fingerprint density at radius 3 is 2.70 bits per heavy atom. The number of benzene rings is 1. The lowest BCUT2D eigenvalue weighted by atomic mass is 10.2. The van der Waals surface area contributed by atoms with Gasteiger partial charge in [-0.2, -0.15) is 0 Å². The molecule has 3 N–H and O–H groups in total. The number of hydrogen-bond donors (Lipinski definition) is 2. The predicted molar refractivity (Wildman–Crippen MR) is 80.6 cm³/mol. The minimum Gasteiger partial charge on any atom is -0.399 e. The van der Waals surface area contributed by atoms with Gasteiger partial charge in [0, 0.05) is 31.0 Å². The lowest BCUT2D eigenvalue weighted by Crippen LogP contribution is -2.18. The Kier molecular flexibility index (Phi) is 7.69. The van der Waals surface area contributed by atoms with Crippen molar-refractivity contribution in [2.45, 2.75) is 32.8 Å². The van der Waals surface area contributed by atoms with E-state index in [0.29, 0.717) is 38.3 Å². The standard InChI is InChI=1S/C15H24N2O3/c1-3-19-11-12(2)20-10-4-5-15(18)17-14-8-6-13(16)7-9-14/h6-9,12H,3-5,10-11,16H2,1-2H3,(H,17,18). The van der Waals surface area contributed by atoms with Gasteiger partial charge in [0.15, 0.2) is 0 Å². The van der Waals surface area contributed by atoms with Crippen LogP contribution < -0.4 is 11.1 Å².